The first-order chi connectivity index (χ1) is 12.0. The molecule has 132 valence electrons. The maximum atomic E-state index is 12.6. The third-order valence-corrected chi connectivity index (χ3v) is 4.61. The van der Waals surface area contributed by atoms with Gasteiger partial charge in [-0.2, -0.15) is 0 Å². The molecule has 2 aromatic rings. The van der Waals surface area contributed by atoms with Crippen molar-refractivity contribution in [2.24, 2.45) is 0 Å². The molecule has 7 heteroatoms. The second-order valence-electron chi connectivity index (χ2n) is 5.12. The molecule has 0 fully saturated rings. The highest BCUT2D eigenvalue weighted by Gasteiger charge is 2.16. The fraction of sp³-hybridized carbons (Fsp3) is 0.222. The molecule has 0 aliphatic carbocycles. The van der Waals surface area contributed by atoms with Crippen LogP contribution in [0.5, 0.6) is 5.75 Å². The lowest BCUT2D eigenvalue weighted by molar-refractivity contribution is 0.102. The Morgan fingerprint density at radius 1 is 1.12 bits per heavy atom. The minimum Gasteiger partial charge on any atom is -0.431 e. The highest BCUT2D eigenvalue weighted by atomic mass is 35.5. The van der Waals surface area contributed by atoms with Crippen LogP contribution in [0.2, 0.25) is 10.0 Å². The van der Waals surface area contributed by atoms with Gasteiger partial charge in [0.2, 0.25) is 0 Å². The molecule has 2 rings (SSSR count). The van der Waals surface area contributed by atoms with Crippen LogP contribution in [-0.4, -0.2) is 29.1 Å². The van der Waals surface area contributed by atoms with Gasteiger partial charge in [-0.25, -0.2) is 0 Å². The number of rotatable bonds is 5. The molecule has 0 atom stereocenters. The van der Waals surface area contributed by atoms with Crippen molar-refractivity contribution in [3.8, 4) is 5.75 Å². The molecular formula is C18H18Cl2N2O2S. The van der Waals surface area contributed by atoms with Gasteiger partial charge in [0, 0.05) is 18.8 Å². The molecule has 0 radical (unpaired) electrons. The smallest absolute Gasteiger partial charge is 0.264 e. The number of halogens is 2. The third-order valence-electron chi connectivity index (χ3n) is 3.53. The average molecular weight is 397 g/mol. The van der Waals surface area contributed by atoms with E-state index in [1.165, 1.54) is 0 Å². The predicted octanol–water partition coefficient (Wildman–Crippen LogP) is 5.25. The van der Waals surface area contributed by atoms with Crippen molar-refractivity contribution in [2.45, 2.75) is 13.8 Å². The van der Waals surface area contributed by atoms with Crippen molar-refractivity contribution in [3.63, 3.8) is 0 Å². The molecule has 0 aliphatic heterocycles. The molecular weight excluding hydrogens is 379 g/mol. The molecule has 0 heterocycles. The van der Waals surface area contributed by atoms with Crippen molar-refractivity contribution in [2.75, 3.05) is 18.4 Å². The van der Waals surface area contributed by atoms with E-state index in [0.29, 0.717) is 32.2 Å². The minimum absolute atomic E-state index is 0.323. The highest BCUT2D eigenvalue weighted by Crippen LogP contribution is 2.26. The molecule has 2 aromatic carbocycles. The Bertz CT molecular complexity index is 779. The van der Waals surface area contributed by atoms with Crippen molar-refractivity contribution in [1.29, 1.82) is 0 Å². The van der Waals surface area contributed by atoms with Gasteiger partial charge in [0.15, 0.2) is 0 Å². The van der Waals surface area contributed by atoms with Crippen LogP contribution in [-0.2, 0) is 0 Å². The summed E-state index contributed by atoms with van der Waals surface area (Å²) in [5, 5.41) is 3.90. The summed E-state index contributed by atoms with van der Waals surface area (Å²) >= 11 is 17.2. The second-order valence-corrected chi connectivity index (χ2v) is 6.28. The summed E-state index contributed by atoms with van der Waals surface area (Å²) in [4.78, 5) is 14.5. The van der Waals surface area contributed by atoms with E-state index in [9.17, 15) is 4.79 Å². The van der Waals surface area contributed by atoms with Crippen LogP contribution in [0.25, 0.3) is 0 Å². The van der Waals surface area contributed by atoms with Gasteiger partial charge >= 0.3 is 0 Å². The standard InChI is InChI=1S/C18H18Cl2N2O2S/c1-3-22(4-2)18(25)24-16-8-6-5-7-13(16)17(23)21-12-9-10-14(19)15(20)11-12/h5-11H,3-4H2,1-2H3,(H,21,23). The number of nitrogens with one attached hydrogen (secondary N) is 1. The third kappa shape index (κ3) is 5.08. The predicted molar refractivity (Wildman–Crippen MR) is 107 cm³/mol. The zero-order valence-electron chi connectivity index (χ0n) is 13.9. The van der Waals surface area contributed by atoms with E-state index in [1.807, 2.05) is 18.7 Å². The summed E-state index contributed by atoms with van der Waals surface area (Å²) in [5.74, 6) is 0.0771. The molecule has 0 saturated carbocycles. The van der Waals surface area contributed by atoms with E-state index in [0.717, 1.165) is 13.1 Å². The normalized spacial score (nSPS) is 10.2. The number of carbonyl (C=O) groups excluding carboxylic acids is 1. The average Bonchev–Trinajstić information content (AvgIpc) is 2.59. The van der Waals surface area contributed by atoms with E-state index < -0.39 is 0 Å². The van der Waals surface area contributed by atoms with Gasteiger partial charge in [0.1, 0.15) is 5.75 Å². The quantitative estimate of drug-likeness (QED) is 0.700. The molecule has 0 aromatic heterocycles. The van der Waals surface area contributed by atoms with Crippen LogP contribution in [0.1, 0.15) is 24.2 Å². The highest BCUT2D eigenvalue weighted by molar-refractivity contribution is 7.80. The van der Waals surface area contributed by atoms with Crippen molar-refractivity contribution < 1.29 is 9.53 Å². The largest absolute Gasteiger partial charge is 0.431 e. The number of hydrogen-bond donors (Lipinski definition) is 1. The Hall–Kier alpha value is -1.82. The fourth-order valence-corrected chi connectivity index (χ4v) is 2.80. The lowest BCUT2D eigenvalue weighted by atomic mass is 10.2. The monoisotopic (exact) mass is 396 g/mol. The molecule has 1 amide bonds. The number of ether oxygens (including phenoxy) is 1. The van der Waals surface area contributed by atoms with Crippen LogP contribution >= 0.6 is 35.4 Å². The number of amides is 1. The van der Waals surface area contributed by atoms with Gasteiger partial charge in [-0.15, -0.1) is 0 Å². The van der Waals surface area contributed by atoms with E-state index >= 15 is 0 Å². The summed E-state index contributed by atoms with van der Waals surface area (Å²) < 4.78 is 5.74. The maximum absolute atomic E-state index is 12.6. The molecule has 0 bridgehead atoms. The fourth-order valence-electron chi connectivity index (χ4n) is 2.16. The molecule has 1 N–H and O–H groups in total. The van der Waals surface area contributed by atoms with Gasteiger partial charge in [0.05, 0.1) is 15.6 Å². The number of anilines is 1. The van der Waals surface area contributed by atoms with Gasteiger partial charge in [0.25, 0.3) is 11.1 Å². The molecule has 4 nitrogen and oxygen atoms in total. The number of thiocarbonyl (C=S) groups is 1. The van der Waals surface area contributed by atoms with Crippen LogP contribution in [0.15, 0.2) is 42.5 Å². The zero-order chi connectivity index (χ0) is 18.4. The number of nitrogens with zero attached hydrogens (tertiary/aromatic N) is 1. The van der Waals surface area contributed by atoms with Gasteiger partial charge in [-0.3, -0.25) is 4.79 Å². The van der Waals surface area contributed by atoms with Crippen molar-refractivity contribution >= 4 is 52.2 Å². The first-order valence-electron chi connectivity index (χ1n) is 7.78. The first kappa shape index (κ1) is 19.5. The first-order valence-corrected chi connectivity index (χ1v) is 8.94. The lowest BCUT2D eigenvalue weighted by Crippen LogP contribution is -2.33. The van der Waals surface area contributed by atoms with Crippen LogP contribution in [0, 0.1) is 0 Å². The number of benzene rings is 2. The van der Waals surface area contributed by atoms with Gasteiger partial charge in [-0.1, -0.05) is 35.3 Å². The SMILES string of the molecule is CCN(CC)C(=S)Oc1ccccc1C(=O)Nc1ccc(Cl)c(Cl)c1. The summed E-state index contributed by atoms with van der Waals surface area (Å²) in [6, 6.07) is 11.8. The van der Waals surface area contributed by atoms with Crippen LogP contribution in [0.3, 0.4) is 0 Å². The van der Waals surface area contributed by atoms with E-state index in [1.54, 1.807) is 42.5 Å². The van der Waals surface area contributed by atoms with Gasteiger partial charge < -0.3 is 15.0 Å². The summed E-state index contributed by atoms with van der Waals surface area (Å²) in [6.45, 7) is 5.43. The summed E-state index contributed by atoms with van der Waals surface area (Å²) in [7, 11) is 0. The molecule has 25 heavy (non-hydrogen) atoms. The van der Waals surface area contributed by atoms with Crippen LogP contribution in [0.4, 0.5) is 5.69 Å². The zero-order valence-corrected chi connectivity index (χ0v) is 16.2. The Morgan fingerprint density at radius 3 is 2.44 bits per heavy atom. The molecule has 0 aliphatic rings. The van der Waals surface area contributed by atoms with E-state index in [4.69, 9.17) is 40.2 Å². The number of carbonyl (C=O) groups is 1. The lowest BCUT2D eigenvalue weighted by Gasteiger charge is -2.22. The second kappa shape index (κ2) is 9.04. The topological polar surface area (TPSA) is 41.6 Å². The van der Waals surface area contributed by atoms with Crippen molar-refractivity contribution in [1.82, 2.24) is 4.90 Å². The van der Waals surface area contributed by atoms with Crippen LogP contribution < -0.4 is 10.1 Å². The molecule has 0 saturated heterocycles. The number of para-hydroxylation sites is 1. The minimum atomic E-state index is -0.323. The Labute approximate surface area is 162 Å². The summed E-state index contributed by atoms with van der Waals surface area (Å²) in [6.07, 6.45) is 0. The van der Waals surface area contributed by atoms with Crippen molar-refractivity contribution in [3.05, 3.63) is 58.1 Å². The Balaban J connectivity index is 2.20. The Kier molecular flexibility index (Phi) is 7.05. The van der Waals surface area contributed by atoms with E-state index in [-0.39, 0.29) is 5.91 Å². The molecule has 0 unspecified atom stereocenters. The summed E-state index contributed by atoms with van der Waals surface area (Å²) in [5.41, 5.74) is 0.920. The van der Waals surface area contributed by atoms with Gasteiger partial charge in [-0.05, 0) is 56.4 Å². The number of hydrogen-bond acceptors (Lipinski definition) is 3. The van der Waals surface area contributed by atoms with E-state index in [2.05, 4.69) is 5.32 Å². The molecule has 0 spiro atoms. The maximum Gasteiger partial charge on any atom is 0.264 e. The Morgan fingerprint density at radius 2 is 1.80 bits per heavy atom.